The van der Waals surface area contributed by atoms with Crippen LogP contribution >= 0.6 is 0 Å². The van der Waals surface area contributed by atoms with Crippen molar-refractivity contribution in [1.29, 1.82) is 0 Å². The van der Waals surface area contributed by atoms with E-state index < -0.39 is 17.5 Å². The Morgan fingerprint density at radius 2 is 1.55 bits per heavy atom. The minimum absolute atomic E-state index is 0.146. The average molecular weight is 457 g/mol. The fraction of sp³-hybridized carbons (Fsp3) is 0.481. The molecule has 2 rings (SSSR count). The van der Waals surface area contributed by atoms with Gasteiger partial charge in [-0.05, 0) is 73.4 Å². The third kappa shape index (κ3) is 7.32. The fourth-order valence-electron chi connectivity index (χ4n) is 3.81. The van der Waals surface area contributed by atoms with Gasteiger partial charge in [-0.3, -0.25) is 0 Å². The van der Waals surface area contributed by atoms with E-state index in [0.717, 1.165) is 37.7 Å². The van der Waals surface area contributed by atoms with Crippen molar-refractivity contribution in [2.75, 3.05) is 14.2 Å². The Morgan fingerprint density at radius 1 is 0.939 bits per heavy atom. The summed E-state index contributed by atoms with van der Waals surface area (Å²) in [5, 5.41) is 10.5. The van der Waals surface area contributed by atoms with E-state index in [9.17, 15) is 14.7 Å². The van der Waals surface area contributed by atoms with E-state index in [1.165, 1.54) is 19.8 Å². The summed E-state index contributed by atoms with van der Waals surface area (Å²) in [6, 6.07) is 12.8. The summed E-state index contributed by atoms with van der Waals surface area (Å²) < 4.78 is 15.4. The van der Waals surface area contributed by atoms with Gasteiger partial charge < -0.3 is 19.3 Å². The van der Waals surface area contributed by atoms with E-state index in [0.29, 0.717) is 11.7 Å². The lowest BCUT2D eigenvalue weighted by molar-refractivity contribution is 0.0209. The number of carbonyl (C=O) groups excluding carboxylic acids is 2. The first-order valence-electron chi connectivity index (χ1n) is 11.5. The number of hydrogen-bond donors (Lipinski definition) is 1. The number of ether oxygens (including phenoxy) is 3. The second kappa shape index (κ2) is 12.4. The molecule has 0 amide bonds. The van der Waals surface area contributed by atoms with Crippen molar-refractivity contribution >= 4 is 11.9 Å². The summed E-state index contributed by atoms with van der Waals surface area (Å²) in [4.78, 5) is 24.0. The lowest BCUT2D eigenvalue weighted by Crippen LogP contribution is -2.26. The smallest absolute Gasteiger partial charge is 0.338 e. The van der Waals surface area contributed by atoms with Crippen LogP contribution in [0.5, 0.6) is 5.75 Å². The second-order valence-corrected chi connectivity index (χ2v) is 8.45. The number of carbonyl (C=O) groups is 2. The number of benzene rings is 2. The summed E-state index contributed by atoms with van der Waals surface area (Å²) >= 11 is 0. The van der Waals surface area contributed by atoms with E-state index in [4.69, 9.17) is 14.2 Å². The molecule has 2 aromatic carbocycles. The van der Waals surface area contributed by atoms with E-state index in [1.807, 2.05) is 26.0 Å². The van der Waals surface area contributed by atoms with Gasteiger partial charge in [-0.15, -0.1) is 0 Å². The van der Waals surface area contributed by atoms with Gasteiger partial charge in [-0.2, -0.15) is 0 Å². The Kier molecular flexibility index (Phi) is 9.92. The Morgan fingerprint density at radius 3 is 2.12 bits per heavy atom. The molecule has 33 heavy (non-hydrogen) atoms. The van der Waals surface area contributed by atoms with E-state index in [1.54, 1.807) is 18.2 Å². The molecule has 0 aliphatic heterocycles. The zero-order valence-corrected chi connectivity index (χ0v) is 20.3. The molecule has 2 aromatic rings. The van der Waals surface area contributed by atoms with Gasteiger partial charge in [0.1, 0.15) is 12.4 Å². The molecular formula is C27H36O6. The Labute approximate surface area is 196 Å². The highest BCUT2D eigenvalue weighted by atomic mass is 16.5. The molecule has 0 bridgehead atoms. The summed E-state index contributed by atoms with van der Waals surface area (Å²) in [7, 11) is 2.53. The van der Waals surface area contributed by atoms with Gasteiger partial charge in [0.2, 0.25) is 0 Å². The molecule has 6 nitrogen and oxygen atoms in total. The maximum absolute atomic E-state index is 12.1. The van der Waals surface area contributed by atoms with Crippen LogP contribution in [0.15, 0.2) is 42.5 Å². The minimum atomic E-state index is -0.605. The largest absolute Gasteiger partial charge is 0.489 e. The highest BCUT2D eigenvalue weighted by Gasteiger charge is 2.22. The molecule has 1 atom stereocenters. The van der Waals surface area contributed by atoms with Crippen LogP contribution in [0.4, 0.5) is 0 Å². The standard InChI is InChI=1S/C27H36O6/c1-6-27(30,7-2)16-8-9-19(3)21-11-13-22(14-12-21)33-18-20-10-15-23(25(28)31-4)24(17-20)26(29)32-5/h10-15,17,19,30H,6-9,16,18H2,1-5H3. The van der Waals surface area contributed by atoms with Gasteiger partial charge in [-0.25, -0.2) is 9.59 Å². The van der Waals surface area contributed by atoms with E-state index >= 15 is 0 Å². The minimum Gasteiger partial charge on any atom is -0.489 e. The predicted molar refractivity (Wildman–Crippen MR) is 128 cm³/mol. The third-order valence-electron chi connectivity index (χ3n) is 6.34. The van der Waals surface area contributed by atoms with Crippen LogP contribution < -0.4 is 4.74 Å². The second-order valence-electron chi connectivity index (χ2n) is 8.45. The first-order chi connectivity index (χ1) is 15.8. The quantitative estimate of drug-likeness (QED) is 0.415. The Hall–Kier alpha value is -2.86. The van der Waals surface area contributed by atoms with Crippen LogP contribution in [0, 0.1) is 0 Å². The van der Waals surface area contributed by atoms with E-state index in [2.05, 4.69) is 19.1 Å². The normalized spacial score (nSPS) is 12.2. The molecule has 0 fully saturated rings. The molecule has 6 heteroatoms. The van der Waals surface area contributed by atoms with Crippen molar-refractivity contribution in [1.82, 2.24) is 0 Å². The Balaban J connectivity index is 1.97. The van der Waals surface area contributed by atoms with Crippen LogP contribution in [-0.2, 0) is 16.1 Å². The van der Waals surface area contributed by atoms with Crippen molar-refractivity contribution in [2.24, 2.45) is 0 Å². The Bertz CT molecular complexity index is 915. The van der Waals surface area contributed by atoms with Gasteiger partial charge in [0.25, 0.3) is 0 Å². The number of aliphatic hydroxyl groups is 1. The molecule has 180 valence electrons. The summed E-state index contributed by atoms with van der Waals surface area (Å²) in [5.74, 6) is -0.0898. The summed E-state index contributed by atoms with van der Waals surface area (Å²) in [6.07, 6.45) is 4.41. The molecule has 0 radical (unpaired) electrons. The number of hydrogen-bond acceptors (Lipinski definition) is 6. The van der Waals surface area contributed by atoms with Crippen LogP contribution in [0.2, 0.25) is 0 Å². The van der Waals surface area contributed by atoms with Gasteiger partial charge in [0, 0.05) is 0 Å². The molecule has 0 spiro atoms. The summed E-state index contributed by atoms with van der Waals surface area (Å²) in [6.45, 7) is 6.52. The van der Waals surface area contributed by atoms with Crippen molar-refractivity contribution < 1.29 is 28.9 Å². The zero-order valence-electron chi connectivity index (χ0n) is 20.3. The molecule has 0 aromatic heterocycles. The topological polar surface area (TPSA) is 82.1 Å². The highest BCUT2D eigenvalue weighted by molar-refractivity contribution is 6.03. The lowest BCUT2D eigenvalue weighted by Gasteiger charge is -2.25. The monoisotopic (exact) mass is 456 g/mol. The van der Waals surface area contributed by atoms with Crippen molar-refractivity contribution in [3.05, 3.63) is 64.7 Å². The molecule has 0 aliphatic carbocycles. The summed E-state index contributed by atoms with van der Waals surface area (Å²) in [5.41, 5.74) is 1.73. The predicted octanol–water partition coefficient (Wildman–Crippen LogP) is 5.66. The molecule has 0 saturated heterocycles. The van der Waals surface area contributed by atoms with Crippen LogP contribution in [0.3, 0.4) is 0 Å². The average Bonchev–Trinajstić information content (AvgIpc) is 2.86. The van der Waals surface area contributed by atoms with Gasteiger partial charge >= 0.3 is 11.9 Å². The molecule has 1 unspecified atom stereocenters. The van der Waals surface area contributed by atoms with Crippen molar-refractivity contribution in [2.45, 2.75) is 71.0 Å². The van der Waals surface area contributed by atoms with Gasteiger partial charge in [0.05, 0.1) is 30.9 Å². The highest BCUT2D eigenvalue weighted by Crippen LogP contribution is 2.28. The zero-order chi connectivity index (χ0) is 24.4. The molecule has 0 aliphatic rings. The first-order valence-corrected chi connectivity index (χ1v) is 11.5. The number of methoxy groups -OCH3 is 2. The molecule has 1 N–H and O–H groups in total. The third-order valence-corrected chi connectivity index (χ3v) is 6.34. The maximum Gasteiger partial charge on any atom is 0.338 e. The fourth-order valence-corrected chi connectivity index (χ4v) is 3.81. The van der Waals surface area contributed by atoms with Crippen LogP contribution in [0.1, 0.15) is 90.6 Å². The lowest BCUT2D eigenvalue weighted by atomic mass is 9.88. The number of esters is 2. The van der Waals surface area contributed by atoms with Gasteiger partial charge in [0.15, 0.2) is 0 Å². The van der Waals surface area contributed by atoms with Gasteiger partial charge in [-0.1, -0.05) is 39.0 Å². The molecular weight excluding hydrogens is 420 g/mol. The van der Waals surface area contributed by atoms with E-state index in [-0.39, 0.29) is 17.7 Å². The number of rotatable bonds is 12. The molecule has 0 heterocycles. The van der Waals surface area contributed by atoms with Crippen LogP contribution in [0.25, 0.3) is 0 Å². The van der Waals surface area contributed by atoms with Crippen molar-refractivity contribution in [3.63, 3.8) is 0 Å². The first kappa shape index (κ1) is 26.4. The SMILES string of the molecule is CCC(O)(CC)CCCC(C)c1ccc(OCc2ccc(C(=O)OC)c(C(=O)OC)c2)cc1. The van der Waals surface area contributed by atoms with Crippen LogP contribution in [-0.4, -0.2) is 36.9 Å². The maximum atomic E-state index is 12.1. The van der Waals surface area contributed by atoms with Crippen molar-refractivity contribution in [3.8, 4) is 5.75 Å². The molecule has 0 saturated carbocycles.